The Morgan fingerprint density at radius 3 is 2.55 bits per heavy atom. The van der Waals surface area contributed by atoms with Crippen molar-refractivity contribution in [3.63, 3.8) is 0 Å². The van der Waals surface area contributed by atoms with E-state index in [2.05, 4.69) is 6.08 Å². The first-order valence-corrected chi connectivity index (χ1v) is 4.52. The fourth-order valence-corrected chi connectivity index (χ4v) is 2.36. The molecular formula is C10H14O. The van der Waals surface area contributed by atoms with Gasteiger partial charge in [-0.15, -0.1) is 0 Å². The maximum atomic E-state index is 11.6. The van der Waals surface area contributed by atoms with Crippen LogP contribution in [0.2, 0.25) is 0 Å². The number of Topliss-reactive ketones (excluding diaryl/α,β-unsaturated/α-hetero) is 1. The highest BCUT2D eigenvalue weighted by Gasteiger charge is 2.39. The van der Waals surface area contributed by atoms with Crippen LogP contribution in [0.4, 0.5) is 0 Å². The summed E-state index contributed by atoms with van der Waals surface area (Å²) in [4.78, 5) is 11.6. The van der Waals surface area contributed by atoms with Gasteiger partial charge in [0.05, 0.1) is 0 Å². The normalized spacial score (nSPS) is 28.2. The molecule has 0 aromatic carbocycles. The van der Waals surface area contributed by atoms with E-state index < -0.39 is 0 Å². The molecule has 0 atom stereocenters. The van der Waals surface area contributed by atoms with Crippen LogP contribution in [0, 0.1) is 5.41 Å². The molecular weight excluding hydrogens is 136 g/mol. The Morgan fingerprint density at radius 1 is 1.18 bits per heavy atom. The van der Waals surface area contributed by atoms with Crippen molar-refractivity contribution in [3.05, 3.63) is 12.2 Å². The molecule has 0 N–H and O–H groups in total. The van der Waals surface area contributed by atoms with Crippen LogP contribution >= 0.6 is 0 Å². The van der Waals surface area contributed by atoms with Gasteiger partial charge in [-0.2, -0.15) is 0 Å². The molecule has 0 aromatic heterocycles. The highest BCUT2D eigenvalue weighted by Crippen LogP contribution is 2.44. The Labute approximate surface area is 67.5 Å². The van der Waals surface area contributed by atoms with E-state index in [1.165, 1.54) is 12.8 Å². The highest BCUT2D eigenvalue weighted by atomic mass is 16.1. The summed E-state index contributed by atoms with van der Waals surface area (Å²) < 4.78 is 0. The first-order valence-electron chi connectivity index (χ1n) is 4.52. The Hall–Kier alpha value is -0.590. The van der Waals surface area contributed by atoms with Gasteiger partial charge in [-0.1, -0.05) is 25.0 Å². The molecule has 1 spiro atoms. The third kappa shape index (κ3) is 1.03. The minimum absolute atomic E-state index is 0.106. The molecule has 1 fully saturated rings. The van der Waals surface area contributed by atoms with Crippen LogP contribution in [0.3, 0.4) is 0 Å². The van der Waals surface area contributed by atoms with E-state index in [0.717, 1.165) is 19.3 Å². The minimum atomic E-state index is 0.106. The summed E-state index contributed by atoms with van der Waals surface area (Å²) in [6, 6.07) is 0. The van der Waals surface area contributed by atoms with Gasteiger partial charge in [-0.25, -0.2) is 0 Å². The Kier molecular flexibility index (Phi) is 1.59. The number of carbonyl (C=O) groups excluding carboxylic acids is 1. The first kappa shape index (κ1) is 7.08. The Bertz CT molecular complexity index is 197. The van der Waals surface area contributed by atoms with Crippen LogP contribution in [0.5, 0.6) is 0 Å². The standard InChI is InChI=1S/C10H14O/c11-9-5-1-2-6-10(9)7-3-4-8-10/h1-2H,3-8H2. The first-order chi connectivity index (χ1) is 5.33. The topological polar surface area (TPSA) is 17.1 Å². The maximum absolute atomic E-state index is 11.6. The lowest BCUT2D eigenvalue weighted by Gasteiger charge is -2.27. The molecule has 11 heavy (non-hydrogen) atoms. The Morgan fingerprint density at radius 2 is 1.91 bits per heavy atom. The van der Waals surface area contributed by atoms with Crippen LogP contribution < -0.4 is 0 Å². The zero-order valence-electron chi connectivity index (χ0n) is 6.81. The lowest BCUT2D eigenvalue weighted by molar-refractivity contribution is -0.128. The number of rotatable bonds is 0. The lowest BCUT2D eigenvalue weighted by atomic mass is 9.75. The predicted molar refractivity (Wildman–Crippen MR) is 44.3 cm³/mol. The summed E-state index contributed by atoms with van der Waals surface area (Å²) in [5.41, 5.74) is 0.106. The van der Waals surface area contributed by atoms with Crippen LogP contribution in [0.15, 0.2) is 12.2 Å². The minimum Gasteiger partial charge on any atom is -0.299 e. The molecule has 0 saturated heterocycles. The van der Waals surface area contributed by atoms with Crippen molar-refractivity contribution in [1.29, 1.82) is 0 Å². The van der Waals surface area contributed by atoms with Crippen LogP contribution in [-0.4, -0.2) is 5.78 Å². The number of allylic oxidation sites excluding steroid dienone is 2. The molecule has 1 nitrogen and oxygen atoms in total. The molecule has 0 amide bonds. The van der Waals surface area contributed by atoms with E-state index in [9.17, 15) is 4.79 Å². The lowest BCUT2D eigenvalue weighted by Crippen LogP contribution is -2.28. The number of carbonyl (C=O) groups is 1. The van der Waals surface area contributed by atoms with Crippen molar-refractivity contribution in [1.82, 2.24) is 0 Å². The van der Waals surface area contributed by atoms with Gasteiger partial charge in [-0.3, -0.25) is 4.79 Å². The second kappa shape index (κ2) is 2.47. The van der Waals surface area contributed by atoms with E-state index in [-0.39, 0.29) is 5.41 Å². The van der Waals surface area contributed by atoms with Crippen molar-refractivity contribution in [2.24, 2.45) is 5.41 Å². The molecule has 60 valence electrons. The third-order valence-electron chi connectivity index (χ3n) is 3.13. The van der Waals surface area contributed by atoms with E-state index in [1.54, 1.807) is 0 Å². The molecule has 0 aliphatic heterocycles. The number of ketones is 1. The summed E-state index contributed by atoms with van der Waals surface area (Å²) in [6.45, 7) is 0. The van der Waals surface area contributed by atoms with Crippen molar-refractivity contribution >= 4 is 5.78 Å². The van der Waals surface area contributed by atoms with Gasteiger partial charge in [-0.05, 0) is 19.3 Å². The highest BCUT2D eigenvalue weighted by molar-refractivity contribution is 5.87. The third-order valence-corrected chi connectivity index (χ3v) is 3.13. The molecule has 0 bridgehead atoms. The summed E-state index contributed by atoms with van der Waals surface area (Å²) >= 11 is 0. The zero-order valence-corrected chi connectivity index (χ0v) is 6.81. The van der Waals surface area contributed by atoms with E-state index in [0.29, 0.717) is 12.2 Å². The van der Waals surface area contributed by atoms with Crippen molar-refractivity contribution in [2.75, 3.05) is 0 Å². The van der Waals surface area contributed by atoms with Gasteiger partial charge >= 0.3 is 0 Å². The summed E-state index contributed by atoms with van der Waals surface area (Å²) in [7, 11) is 0. The van der Waals surface area contributed by atoms with Crippen molar-refractivity contribution in [2.45, 2.75) is 38.5 Å². The quantitative estimate of drug-likeness (QED) is 0.485. The smallest absolute Gasteiger partial charge is 0.143 e. The fraction of sp³-hybridized carbons (Fsp3) is 0.700. The molecule has 0 heterocycles. The monoisotopic (exact) mass is 150 g/mol. The second-order valence-corrected chi connectivity index (χ2v) is 3.79. The van der Waals surface area contributed by atoms with Gasteiger partial charge in [0, 0.05) is 11.8 Å². The van der Waals surface area contributed by atoms with Crippen molar-refractivity contribution in [3.8, 4) is 0 Å². The van der Waals surface area contributed by atoms with Crippen molar-refractivity contribution < 1.29 is 4.79 Å². The molecule has 1 heteroatoms. The van der Waals surface area contributed by atoms with E-state index in [4.69, 9.17) is 0 Å². The maximum Gasteiger partial charge on any atom is 0.143 e. The Balaban J connectivity index is 2.22. The van der Waals surface area contributed by atoms with Gasteiger partial charge in [0.1, 0.15) is 5.78 Å². The molecule has 0 unspecified atom stereocenters. The average Bonchev–Trinajstić information content (AvgIpc) is 2.46. The van der Waals surface area contributed by atoms with Gasteiger partial charge in [0.15, 0.2) is 0 Å². The zero-order chi connectivity index (χ0) is 7.73. The number of hydrogen-bond donors (Lipinski definition) is 0. The average molecular weight is 150 g/mol. The van der Waals surface area contributed by atoms with Crippen LogP contribution in [0.25, 0.3) is 0 Å². The second-order valence-electron chi connectivity index (χ2n) is 3.79. The summed E-state index contributed by atoms with van der Waals surface area (Å²) in [5.74, 6) is 0.498. The number of hydrogen-bond acceptors (Lipinski definition) is 1. The van der Waals surface area contributed by atoms with Crippen LogP contribution in [-0.2, 0) is 4.79 Å². The molecule has 0 aromatic rings. The SMILES string of the molecule is O=C1CC=CCC12CCCC2. The predicted octanol–water partition coefficient (Wildman–Crippen LogP) is 2.47. The van der Waals surface area contributed by atoms with Gasteiger partial charge < -0.3 is 0 Å². The summed E-state index contributed by atoms with van der Waals surface area (Å²) in [5, 5.41) is 0. The molecule has 2 aliphatic rings. The van der Waals surface area contributed by atoms with Crippen LogP contribution in [0.1, 0.15) is 38.5 Å². The molecule has 0 radical (unpaired) electrons. The van der Waals surface area contributed by atoms with Gasteiger partial charge in [0.2, 0.25) is 0 Å². The fourth-order valence-electron chi connectivity index (χ4n) is 2.36. The summed E-state index contributed by atoms with van der Waals surface area (Å²) in [6.07, 6.45) is 10.7. The largest absolute Gasteiger partial charge is 0.299 e. The van der Waals surface area contributed by atoms with E-state index >= 15 is 0 Å². The molecule has 2 aliphatic carbocycles. The van der Waals surface area contributed by atoms with E-state index in [1.807, 2.05) is 6.08 Å². The van der Waals surface area contributed by atoms with Gasteiger partial charge in [0.25, 0.3) is 0 Å². The molecule has 2 rings (SSSR count). The molecule has 1 saturated carbocycles.